The van der Waals surface area contributed by atoms with Gasteiger partial charge in [0, 0.05) is 19.5 Å². The number of nitrogens with zero attached hydrogens (tertiary/aromatic N) is 2. The topological polar surface area (TPSA) is 62.3 Å². The van der Waals surface area contributed by atoms with Gasteiger partial charge in [-0.3, -0.25) is 9.59 Å². The van der Waals surface area contributed by atoms with Crippen LogP contribution >= 0.6 is 11.3 Å². The molecule has 0 fully saturated rings. The molecule has 146 valence electrons. The summed E-state index contributed by atoms with van der Waals surface area (Å²) >= 11 is 1.34. The fourth-order valence-electron chi connectivity index (χ4n) is 2.66. The SMILES string of the molecule is CCCNC(=O)CN(CCC)C(=O)c1sc(Cc2ccc(F)cc2)nc1C. The van der Waals surface area contributed by atoms with Crippen LogP contribution in [-0.4, -0.2) is 41.3 Å². The van der Waals surface area contributed by atoms with E-state index in [0.717, 1.165) is 23.4 Å². The molecule has 1 N–H and O–H groups in total. The van der Waals surface area contributed by atoms with Crippen molar-refractivity contribution >= 4 is 23.2 Å². The van der Waals surface area contributed by atoms with Crippen molar-refractivity contribution in [2.75, 3.05) is 19.6 Å². The van der Waals surface area contributed by atoms with Crippen LogP contribution in [0.15, 0.2) is 24.3 Å². The second-order valence-corrected chi connectivity index (χ2v) is 7.49. The van der Waals surface area contributed by atoms with E-state index >= 15 is 0 Å². The molecular weight excluding hydrogens is 365 g/mol. The highest BCUT2D eigenvalue weighted by Gasteiger charge is 2.23. The van der Waals surface area contributed by atoms with Gasteiger partial charge in [0.2, 0.25) is 5.91 Å². The molecule has 2 amide bonds. The molecule has 0 saturated carbocycles. The van der Waals surface area contributed by atoms with E-state index in [9.17, 15) is 14.0 Å². The zero-order valence-corrected chi connectivity index (χ0v) is 16.9. The van der Waals surface area contributed by atoms with Gasteiger partial charge in [-0.2, -0.15) is 0 Å². The van der Waals surface area contributed by atoms with E-state index in [1.54, 1.807) is 24.0 Å². The van der Waals surface area contributed by atoms with Crippen molar-refractivity contribution in [2.24, 2.45) is 0 Å². The smallest absolute Gasteiger partial charge is 0.266 e. The van der Waals surface area contributed by atoms with Gasteiger partial charge in [0.25, 0.3) is 5.91 Å². The first-order valence-electron chi connectivity index (χ1n) is 9.21. The first-order valence-corrected chi connectivity index (χ1v) is 10.0. The normalized spacial score (nSPS) is 10.7. The number of aryl methyl sites for hydroxylation is 1. The summed E-state index contributed by atoms with van der Waals surface area (Å²) in [5.74, 6) is -0.585. The van der Waals surface area contributed by atoms with Crippen LogP contribution in [0.1, 0.15) is 52.6 Å². The van der Waals surface area contributed by atoms with Gasteiger partial charge < -0.3 is 10.2 Å². The summed E-state index contributed by atoms with van der Waals surface area (Å²) in [5.41, 5.74) is 1.60. The van der Waals surface area contributed by atoms with Crippen LogP contribution in [0, 0.1) is 12.7 Å². The highest BCUT2D eigenvalue weighted by Crippen LogP contribution is 2.23. The number of carbonyl (C=O) groups excluding carboxylic acids is 2. The van der Waals surface area contributed by atoms with Crippen LogP contribution in [0.25, 0.3) is 0 Å². The lowest BCUT2D eigenvalue weighted by atomic mass is 10.1. The molecule has 7 heteroatoms. The number of amides is 2. The van der Waals surface area contributed by atoms with E-state index in [2.05, 4.69) is 10.3 Å². The minimum absolute atomic E-state index is 0.0529. The van der Waals surface area contributed by atoms with E-state index in [0.29, 0.717) is 30.1 Å². The standard InChI is InChI=1S/C20H26FN3O2S/c1-4-10-22-17(25)13-24(11-5-2)20(26)19-14(3)23-18(27-19)12-15-6-8-16(21)9-7-15/h6-9H,4-5,10-13H2,1-3H3,(H,22,25). The van der Waals surface area contributed by atoms with Crippen molar-refractivity contribution < 1.29 is 14.0 Å². The Balaban J connectivity index is 2.11. The van der Waals surface area contributed by atoms with E-state index < -0.39 is 0 Å². The zero-order valence-electron chi connectivity index (χ0n) is 16.0. The Bertz CT molecular complexity index is 774. The number of aromatic nitrogens is 1. The molecule has 0 unspecified atom stereocenters. The second-order valence-electron chi connectivity index (χ2n) is 6.40. The molecule has 0 atom stereocenters. The van der Waals surface area contributed by atoms with Gasteiger partial charge in [0.1, 0.15) is 10.7 Å². The van der Waals surface area contributed by atoms with Gasteiger partial charge in [-0.05, 0) is 37.5 Å². The third-order valence-electron chi connectivity index (χ3n) is 3.99. The van der Waals surface area contributed by atoms with E-state index in [4.69, 9.17) is 0 Å². The van der Waals surface area contributed by atoms with Crippen molar-refractivity contribution in [2.45, 2.75) is 40.0 Å². The van der Waals surface area contributed by atoms with Gasteiger partial charge in [-0.25, -0.2) is 9.37 Å². The van der Waals surface area contributed by atoms with Crippen LogP contribution < -0.4 is 5.32 Å². The lowest BCUT2D eigenvalue weighted by Gasteiger charge is -2.21. The lowest BCUT2D eigenvalue weighted by Crippen LogP contribution is -2.41. The molecule has 0 aliphatic carbocycles. The second kappa shape index (κ2) is 10.2. The highest BCUT2D eigenvalue weighted by molar-refractivity contribution is 7.13. The molecule has 1 heterocycles. The van der Waals surface area contributed by atoms with Crippen molar-refractivity contribution in [1.29, 1.82) is 0 Å². The maximum Gasteiger partial charge on any atom is 0.266 e. The van der Waals surface area contributed by atoms with Crippen molar-refractivity contribution in [3.05, 3.63) is 51.2 Å². The van der Waals surface area contributed by atoms with Gasteiger partial charge in [0.15, 0.2) is 0 Å². The molecule has 5 nitrogen and oxygen atoms in total. The Morgan fingerprint density at radius 3 is 2.52 bits per heavy atom. The number of halogens is 1. The largest absolute Gasteiger partial charge is 0.355 e. The van der Waals surface area contributed by atoms with Crippen LogP contribution in [0.5, 0.6) is 0 Å². The van der Waals surface area contributed by atoms with Crippen molar-refractivity contribution in [1.82, 2.24) is 15.2 Å². The molecule has 1 aromatic heterocycles. The van der Waals surface area contributed by atoms with E-state index in [1.165, 1.54) is 23.5 Å². The molecule has 0 aliphatic rings. The summed E-state index contributed by atoms with van der Waals surface area (Å²) in [4.78, 5) is 31.6. The van der Waals surface area contributed by atoms with Gasteiger partial charge in [0.05, 0.1) is 17.2 Å². The number of hydrogen-bond donors (Lipinski definition) is 1. The number of benzene rings is 1. The predicted molar refractivity (Wildman–Crippen MR) is 106 cm³/mol. The minimum Gasteiger partial charge on any atom is -0.355 e. The summed E-state index contributed by atoms with van der Waals surface area (Å²) in [6.07, 6.45) is 2.17. The van der Waals surface area contributed by atoms with E-state index in [1.807, 2.05) is 13.8 Å². The predicted octanol–water partition coefficient (Wildman–Crippen LogP) is 3.56. The summed E-state index contributed by atoms with van der Waals surface area (Å²) in [6, 6.07) is 6.27. The van der Waals surface area contributed by atoms with Crippen LogP contribution in [0.4, 0.5) is 4.39 Å². The molecule has 2 aromatic rings. The number of carbonyl (C=O) groups is 2. The number of nitrogens with one attached hydrogen (secondary N) is 1. The maximum absolute atomic E-state index is 13.0. The highest BCUT2D eigenvalue weighted by atomic mass is 32.1. The first kappa shape index (κ1) is 21.0. The third-order valence-corrected chi connectivity index (χ3v) is 5.14. The summed E-state index contributed by atoms with van der Waals surface area (Å²) in [5, 5.41) is 3.61. The lowest BCUT2D eigenvalue weighted by molar-refractivity contribution is -0.121. The Morgan fingerprint density at radius 1 is 1.19 bits per heavy atom. The summed E-state index contributed by atoms with van der Waals surface area (Å²) in [6.45, 7) is 6.94. The van der Waals surface area contributed by atoms with Gasteiger partial charge >= 0.3 is 0 Å². The fraction of sp³-hybridized carbons (Fsp3) is 0.450. The van der Waals surface area contributed by atoms with Crippen molar-refractivity contribution in [3.63, 3.8) is 0 Å². The molecule has 0 bridgehead atoms. The summed E-state index contributed by atoms with van der Waals surface area (Å²) in [7, 11) is 0. The zero-order chi connectivity index (χ0) is 19.8. The number of hydrogen-bond acceptors (Lipinski definition) is 4. The summed E-state index contributed by atoms with van der Waals surface area (Å²) < 4.78 is 13.0. The van der Waals surface area contributed by atoms with Gasteiger partial charge in [-0.1, -0.05) is 26.0 Å². The molecule has 27 heavy (non-hydrogen) atoms. The number of rotatable bonds is 9. The Labute approximate surface area is 163 Å². The molecule has 0 spiro atoms. The molecule has 0 aliphatic heterocycles. The van der Waals surface area contributed by atoms with Gasteiger partial charge in [-0.15, -0.1) is 11.3 Å². The average molecular weight is 392 g/mol. The number of thiazole rings is 1. The minimum atomic E-state index is -0.276. The fourth-order valence-corrected chi connectivity index (χ4v) is 3.73. The molecule has 1 aromatic carbocycles. The third kappa shape index (κ3) is 6.13. The van der Waals surface area contributed by atoms with Crippen LogP contribution in [-0.2, 0) is 11.2 Å². The Kier molecular flexibility index (Phi) is 7.91. The average Bonchev–Trinajstić information content (AvgIpc) is 3.01. The van der Waals surface area contributed by atoms with Crippen molar-refractivity contribution in [3.8, 4) is 0 Å². The monoisotopic (exact) mass is 391 g/mol. The maximum atomic E-state index is 13.0. The Hall–Kier alpha value is -2.28. The van der Waals surface area contributed by atoms with Crippen LogP contribution in [0.3, 0.4) is 0 Å². The molecule has 0 radical (unpaired) electrons. The molecule has 0 saturated heterocycles. The molecule has 2 rings (SSSR count). The first-order chi connectivity index (χ1) is 12.9. The molecular formula is C20H26FN3O2S. The Morgan fingerprint density at radius 2 is 1.89 bits per heavy atom. The van der Waals surface area contributed by atoms with E-state index in [-0.39, 0.29) is 24.2 Å². The van der Waals surface area contributed by atoms with Crippen LogP contribution in [0.2, 0.25) is 0 Å². The quantitative estimate of drug-likeness (QED) is 0.711.